The van der Waals surface area contributed by atoms with Crippen LogP contribution in [0.1, 0.15) is 51.9 Å². The number of carbonyl (C=O) groups is 2. The van der Waals surface area contributed by atoms with Gasteiger partial charge in [-0.15, -0.1) is 0 Å². The second kappa shape index (κ2) is 9.58. The average molecular weight is 508 g/mol. The number of hydrogen-bond acceptors (Lipinski definition) is 8. The normalized spacial score (nSPS) is 30.7. The summed E-state index contributed by atoms with van der Waals surface area (Å²) in [5.41, 5.74) is 0.516. The molecule has 0 bridgehead atoms. The monoisotopic (exact) mass is 507 g/mol. The average Bonchev–Trinajstić information content (AvgIpc) is 3.54. The highest BCUT2D eigenvalue weighted by Crippen LogP contribution is 2.44. The maximum absolute atomic E-state index is 13.8. The third-order valence-electron chi connectivity index (χ3n) is 7.60. The fourth-order valence-electron chi connectivity index (χ4n) is 6.01. The van der Waals surface area contributed by atoms with Crippen LogP contribution in [-0.4, -0.2) is 65.5 Å². The summed E-state index contributed by atoms with van der Waals surface area (Å²) in [6.45, 7) is 4.49. The molecule has 0 aliphatic carbocycles. The fraction of sp³-hybridized carbons (Fsp3) is 0.652. The summed E-state index contributed by atoms with van der Waals surface area (Å²) in [4.78, 5) is 28.8. The van der Waals surface area contributed by atoms with Crippen LogP contribution >= 0.6 is 12.1 Å². The molecule has 3 fully saturated rings. The van der Waals surface area contributed by atoms with Crippen molar-refractivity contribution in [3.05, 3.63) is 35.2 Å². The van der Waals surface area contributed by atoms with Gasteiger partial charge in [-0.05, 0) is 63.3 Å². The third kappa shape index (κ3) is 4.05. The summed E-state index contributed by atoms with van der Waals surface area (Å²) in [7, 11) is -4.06. The summed E-state index contributed by atoms with van der Waals surface area (Å²) >= 11 is 1.28. The molecule has 9 nitrogen and oxygen atoms in total. The van der Waals surface area contributed by atoms with Gasteiger partial charge in [-0.2, -0.15) is 0 Å². The lowest BCUT2D eigenvalue weighted by Gasteiger charge is -2.29. The van der Waals surface area contributed by atoms with Gasteiger partial charge >= 0.3 is 0 Å². The van der Waals surface area contributed by atoms with Crippen LogP contribution in [0.3, 0.4) is 0 Å². The number of carbonyl (C=O) groups excluding carboxylic acids is 2. The summed E-state index contributed by atoms with van der Waals surface area (Å²) in [6, 6.07) is -0.877. The molecule has 34 heavy (non-hydrogen) atoms. The van der Waals surface area contributed by atoms with Gasteiger partial charge in [0.1, 0.15) is 4.91 Å². The van der Waals surface area contributed by atoms with Crippen LogP contribution in [0.25, 0.3) is 0 Å². The van der Waals surface area contributed by atoms with E-state index < -0.39 is 22.0 Å². The van der Waals surface area contributed by atoms with Crippen molar-refractivity contribution in [1.29, 1.82) is 0 Å². The zero-order valence-corrected chi connectivity index (χ0v) is 21.1. The molecule has 5 heterocycles. The molecular formula is C23H33N5O4S2. The predicted octanol–water partition coefficient (Wildman–Crippen LogP) is 2.04. The first-order valence-electron chi connectivity index (χ1n) is 12.3. The van der Waals surface area contributed by atoms with Gasteiger partial charge in [-0.3, -0.25) is 13.9 Å². The van der Waals surface area contributed by atoms with Crippen LogP contribution in [0.2, 0.25) is 0 Å². The standard InChI is InChI=1S/C23H33N5O4S2/c1-2-5-17-22-18(10-13-26(22)21(29)9-8-16-6-3-11-24-14-16)28(23(17)30)34(31,32)20-7-4-12-27-19(20)15-25-33-27/h4,7,12,15-18,22,24-25H,2-3,5-6,8-11,13-14H2,1H3/t16?,17-,18+,22-/m1/s1. The van der Waals surface area contributed by atoms with Gasteiger partial charge in [0.05, 0.1) is 35.8 Å². The van der Waals surface area contributed by atoms with E-state index in [1.807, 2.05) is 11.8 Å². The van der Waals surface area contributed by atoms with E-state index in [-0.39, 0.29) is 22.8 Å². The molecule has 5 aliphatic rings. The Bertz CT molecular complexity index is 1030. The molecule has 11 heteroatoms. The first-order chi connectivity index (χ1) is 16.4. The van der Waals surface area contributed by atoms with Gasteiger partial charge in [0.2, 0.25) is 11.8 Å². The van der Waals surface area contributed by atoms with Gasteiger partial charge < -0.3 is 14.9 Å². The lowest BCUT2D eigenvalue weighted by Crippen LogP contribution is -2.44. The number of allylic oxidation sites excluding steroid dienone is 2. The van der Waals surface area contributed by atoms with Crippen LogP contribution in [0.15, 0.2) is 35.2 Å². The largest absolute Gasteiger partial charge is 0.337 e. The van der Waals surface area contributed by atoms with Crippen molar-refractivity contribution in [2.24, 2.45) is 11.8 Å². The number of fused-ring (bicyclic) bond motifs is 2. The lowest BCUT2D eigenvalue weighted by atomic mass is 9.92. The van der Waals surface area contributed by atoms with Crippen molar-refractivity contribution < 1.29 is 18.0 Å². The van der Waals surface area contributed by atoms with Crippen LogP contribution in [-0.2, 0) is 19.6 Å². The SMILES string of the molecule is CCC[C@H]1C(=O)N(S(=O)(=O)C2=CC=CN3SNC=C23)[C@H]2CCN(C(=O)CCC3CCCNC3)[C@H]12. The number of piperidine rings is 1. The van der Waals surface area contributed by atoms with E-state index in [2.05, 4.69) is 10.0 Å². The Morgan fingerprint density at radius 2 is 2.12 bits per heavy atom. The molecule has 0 aromatic rings. The lowest BCUT2D eigenvalue weighted by molar-refractivity contribution is -0.134. The molecule has 0 spiro atoms. The highest BCUT2D eigenvalue weighted by Gasteiger charge is 2.58. The second-order valence-corrected chi connectivity index (χ2v) is 12.3. The van der Waals surface area contributed by atoms with Crippen molar-refractivity contribution in [3.8, 4) is 0 Å². The van der Waals surface area contributed by atoms with E-state index >= 15 is 0 Å². The van der Waals surface area contributed by atoms with Crippen LogP contribution < -0.4 is 10.0 Å². The van der Waals surface area contributed by atoms with Crippen molar-refractivity contribution in [2.45, 2.75) is 64.0 Å². The van der Waals surface area contributed by atoms with Crippen molar-refractivity contribution in [2.75, 3.05) is 19.6 Å². The highest BCUT2D eigenvalue weighted by atomic mass is 32.2. The molecular weight excluding hydrogens is 474 g/mol. The Morgan fingerprint density at radius 1 is 1.26 bits per heavy atom. The molecule has 0 aromatic carbocycles. The molecule has 2 N–H and O–H groups in total. The molecule has 0 aromatic heterocycles. The van der Waals surface area contributed by atoms with Gasteiger partial charge in [0.25, 0.3) is 10.0 Å². The quantitative estimate of drug-likeness (QED) is 0.505. The maximum Gasteiger partial charge on any atom is 0.268 e. The third-order valence-corrected chi connectivity index (χ3v) is 10.2. The summed E-state index contributed by atoms with van der Waals surface area (Å²) in [5.74, 6) is -0.290. The number of nitrogens with zero attached hydrogens (tertiary/aromatic N) is 3. The van der Waals surface area contributed by atoms with E-state index in [1.54, 1.807) is 28.9 Å². The van der Waals surface area contributed by atoms with Crippen LogP contribution in [0.4, 0.5) is 0 Å². The van der Waals surface area contributed by atoms with Gasteiger partial charge in [0, 0.05) is 25.4 Å². The van der Waals surface area contributed by atoms with Crippen molar-refractivity contribution >= 4 is 34.0 Å². The summed E-state index contributed by atoms with van der Waals surface area (Å²) in [6.07, 6.45) is 12.0. The van der Waals surface area contributed by atoms with E-state index in [9.17, 15) is 18.0 Å². The Balaban J connectivity index is 1.38. The minimum atomic E-state index is -4.06. The minimum Gasteiger partial charge on any atom is -0.337 e. The van der Waals surface area contributed by atoms with Gasteiger partial charge in [-0.1, -0.05) is 13.3 Å². The Labute approximate surface area is 206 Å². The molecule has 1 unspecified atom stereocenters. The Kier molecular flexibility index (Phi) is 6.69. The topological polar surface area (TPSA) is 102 Å². The maximum atomic E-state index is 13.8. The minimum absolute atomic E-state index is 0.0521. The number of sulfonamides is 1. The predicted molar refractivity (Wildman–Crippen MR) is 131 cm³/mol. The molecule has 3 saturated heterocycles. The van der Waals surface area contributed by atoms with E-state index in [0.717, 1.165) is 43.1 Å². The number of rotatable bonds is 7. The number of hydrogen-bond donors (Lipinski definition) is 2. The molecule has 0 radical (unpaired) electrons. The molecule has 5 aliphatic heterocycles. The fourth-order valence-corrected chi connectivity index (χ4v) is 8.57. The van der Waals surface area contributed by atoms with E-state index in [1.165, 1.54) is 12.1 Å². The molecule has 0 saturated carbocycles. The van der Waals surface area contributed by atoms with Gasteiger partial charge in [0.15, 0.2) is 0 Å². The van der Waals surface area contributed by atoms with Gasteiger partial charge in [-0.25, -0.2) is 12.7 Å². The first-order valence-corrected chi connectivity index (χ1v) is 14.5. The molecule has 5 rings (SSSR count). The summed E-state index contributed by atoms with van der Waals surface area (Å²) < 4.78 is 33.5. The molecule has 186 valence electrons. The van der Waals surface area contributed by atoms with E-state index in [4.69, 9.17) is 0 Å². The highest BCUT2D eigenvalue weighted by molar-refractivity contribution is 7.96. The number of likely N-dealkylation sites (tertiary alicyclic amines) is 1. The Morgan fingerprint density at radius 3 is 2.88 bits per heavy atom. The second-order valence-electron chi connectivity index (χ2n) is 9.66. The van der Waals surface area contributed by atoms with Crippen LogP contribution in [0, 0.1) is 11.8 Å². The first kappa shape index (κ1) is 23.7. The zero-order chi connectivity index (χ0) is 23.9. The molecule has 2 amide bonds. The Hall–Kier alpha value is -1.98. The summed E-state index contributed by atoms with van der Waals surface area (Å²) in [5, 5.41) is 3.40. The number of nitrogens with one attached hydrogen (secondary N) is 2. The van der Waals surface area contributed by atoms with Crippen LogP contribution in [0.5, 0.6) is 0 Å². The zero-order valence-electron chi connectivity index (χ0n) is 19.5. The van der Waals surface area contributed by atoms with E-state index in [0.29, 0.717) is 37.4 Å². The van der Waals surface area contributed by atoms with Crippen molar-refractivity contribution in [3.63, 3.8) is 0 Å². The number of amides is 2. The molecule has 4 atom stereocenters. The van der Waals surface area contributed by atoms with Crippen molar-refractivity contribution in [1.82, 2.24) is 23.5 Å². The smallest absolute Gasteiger partial charge is 0.268 e.